The average Bonchev–Trinajstić information content (AvgIpc) is 3.16. The van der Waals surface area contributed by atoms with Crippen molar-refractivity contribution in [2.45, 2.75) is 31.7 Å². The summed E-state index contributed by atoms with van der Waals surface area (Å²) in [6, 6.07) is 8.40. The zero-order valence-electron chi connectivity index (χ0n) is 15.6. The molecule has 2 amide bonds. The summed E-state index contributed by atoms with van der Waals surface area (Å²) in [6.45, 7) is 1.23. The molecule has 1 saturated heterocycles. The first-order chi connectivity index (χ1) is 14.0. The summed E-state index contributed by atoms with van der Waals surface area (Å²) < 4.78 is 0. The number of nitriles is 1. The Balaban J connectivity index is 1.57. The summed E-state index contributed by atoms with van der Waals surface area (Å²) >= 11 is 13.3. The van der Waals surface area contributed by atoms with Gasteiger partial charge in [-0.2, -0.15) is 5.26 Å². The van der Waals surface area contributed by atoms with Gasteiger partial charge in [0.25, 0.3) is 0 Å². The van der Waals surface area contributed by atoms with E-state index >= 15 is 0 Å². The molecule has 2 N–H and O–H groups in total. The molecule has 1 aromatic carbocycles. The molecule has 1 aromatic heterocycles. The molecule has 1 aliphatic heterocycles. The third-order valence-corrected chi connectivity index (χ3v) is 6.34. The van der Waals surface area contributed by atoms with Crippen LogP contribution in [-0.4, -0.2) is 35.8 Å². The average molecular weight is 451 g/mol. The normalized spacial score (nSPS) is 16.8. The van der Waals surface area contributed by atoms with Crippen molar-refractivity contribution >= 4 is 57.0 Å². The van der Waals surface area contributed by atoms with Gasteiger partial charge in [0.05, 0.1) is 21.7 Å². The first kappa shape index (κ1) is 21.6. The Hall–Kier alpha value is -2.11. The number of piperidine rings is 1. The van der Waals surface area contributed by atoms with Gasteiger partial charge in [-0.3, -0.25) is 14.5 Å². The summed E-state index contributed by atoms with van der Waals surface area (Å²) in [7, 11) is 0. The number of nitrogens with one attached hydrogen (secondary N) is 2. The third-order valence-electron chi connectivity index (χ3n) is 4.77. The van der Waals surface area contributed by atoms with Gasteiger partial charge in [0.1, 0.15) is 11.1 Å². The summed E-state index contributed by atoms with van der Waals surface area (Å²) in [4.78, 5) is 27.1. The van der Waals surface area contributed by atoms with E-state index in [1.165, 1.54) is 11.3 Å². The van der Waals surface area contributed by atoms with Crippen LogP contribution < -0.4 is 10.6 Å². The minimum atomic E-state index is -0.303. The molecule has 0 aliphatic carbocycles. The maximum Gasteiger partial charge on any atom is 0.241 e. The van der Waals surface area contributed by atoms with Gasteiger partial charge in [0, 0.05) is 18.7 Å². The smallest absolute Gasteiger partial charge is 0.241 e. The van der Waals surface area contributed by atoms with Crippen molar-refractivity contribution in [3.8, 4) is 6.07 Å². The second-order valence-electron chi connectivity index (χ2n) is 6.74. The topological polar surface area (TPSA) is 85.2 Å². The number of thiophene rings is 1. The fourth-order valence-corrected chi connectivity index (χ4v) is 4.34. The van der Waals surface area contributed by atoms with Gasteiger partial charge in [0.15, 0.2) is 0 Å². The van der Waals surface area contributed by atoms with E-state index in [2.05, 4.69) is 16.7 Å². The van der Waals surface area contributed by atoms with E-state index in [-0.39, 0.29) is 24.3 Å². The number of amides is 2. The second-order valence-corrected chi connectivity index (χ2v) is 8.47. The molecular weight excluding hydrogens is 431 g/mol. The van der Waals surface area contributed by atoms with Gasteiger partial charge in [-0.05, 0) is 49.0 Å². The number of hydrogen-bond acceptors (Lipinski definition) is 5. The number of halogens is 2. The Morgan fingerprint density at radius 3 is 2.79 bits per heavy atom. The predicted octanol–water partition coefficient (Wildman–Crippen LogP) is 4.75. The molecule has 2 heterocycles. The maximum atomic E-state index is 12.8. The first-order valence-electron chi connectivity index (χ1n) is 9.25. The van der Waals surface area contributed by atoms with Crippen molar-refractivity contribution in [2.75, 3.05) is 23.7 Å². The quantitative estimate of drug-likeness (QED) is 0.664. The van der Waals surface area contributed by atoms with Crippen LogP contribution in [0.2, 0.25) is 10.0 Å². The van der Waals surface area contributed by atoms with Crippen LogP contribution >= 0.6 is 34.5 Å². The summed E-state index contributed by atoms with van der Waals surface area (Å²) in [5.74, 6) is -0.285. The highest BCUT2D eigenvalue weighted by Gasteiger charge is 2.29. The molecule has 152 valence electrons. The Labute approximate surface area is 183 Å². The zero-order valence-corrected chi connectivity index (χ0v) is 17.9. The van der Waals surface area contributed by atoms with Gasteiger partial charge in [-0.1, -0.05) is 29.6 Å². The molecule has 1 fully saturated rings. The van der Waals surface area contributed by atoms with Crippen molar-refractivity contribution in [3.05, 3.63) is 45.3 Å². The number of rotatable bonds is 6. The number of carbonyl (C=O) groups is 2. The number of hydrogen-bond donors (Lipinski definition) is 2. The van der Waals surface area contributed by atoms with Crippen LogP contribution in [0.25, 0.3) is 0 Å². The van der Waals surface area contributed by atoms with E-state index in [1.807, 2.05) is 4.90 Å². The van der Waals surface area contributed by atoms with Gasteiger partial charge in [0.2, 0.25) is 11.8 Å². The molecule has 2 aromatic rings. The lowest BCUT2D eigenvalue weighted by Crippen LogP contribution is -2.47. The molecule has 29 heavy (non-hydrogen) atoms. The molecule has 0 radical (unpaired) electrons. The van der Waals surface area contributed by atoms with Gasteiger partial charge in [-0.25, -0.2) is 0 Å². The molecule has 1 atom stereocenters. The van der Waals surface area contributed by atoms with Crippen LogP contribution in [0, 0.1) is 11.3 Å². The molecule has 1 aliphatic rings. The maximum absolute atomic E-state index is 12.8. The van der Waals surface area contributed by atoms with Crippen molar-refractivity contribution < 1.29 is 9.59 Å². The number of nitrogens with zero attached hydrogens (tertiary/aromatic N) is 2. The Kier molecular flexibility index (Phi) is 7.51. The van der Waals surface area contributed by atoms with E-state index in [0.717, 1.165) is 25.8 Å². The molecule has 3 rings (SSSR count). The summed E-state index contributed by atoms with van der Waals surface area (Å²) in [6.07, 6.45) is 2.93. The Bertz CT molecular complexity index is 941. The van der Waals surface area contributed by atoms with Crippen LogP contribution in [0.3, 0.4) is 0 Å². The van der Waals surface area contributed by atoms with Gasteiger partial charge in [-0.15, -0.1) is 11.3 Å². The molecule has 9 heteroatoms. The highest BCUT2D eigenvalue weighted by molar-refractivity contribution is 7.14. The van der Waals surface area contributed by atoms with Crippen LogP contribution in [-0.2, 0) is 9.59 Å². The molecular formula is C20H20Cl2N4O2S. The van der Waals surface area contributed by atoms with Gasteiger partial charge < -0.3 is 10.6 Å². The SMILES string of the molecule is N#Cc1ccsc1NC(=O)CCN1CCCCC1C(=O)Nc1ccc(Cl)c(Cl)c1. The fourth-order valence-electron chi connectivity index (χ4n) is 3.28. The van der Waals surface area contributed by atoms with Crippen LogP contribution in [0.15, 0.2) is 29.6 Å². The number of likely N-dealkylation sites (tertiary alicyclic amines) is 1. The standard InChI is InChI=1S/C20H20Cl2N4O2S/c21-15-5-4-14(11-16(15)22)24-19(28)17-3-1-2-8-26(17)9-6-18(27)25-20-13(12-23)7-10-29-20/h4-5,7,10-11,17H,1-3,6,8-9H2,(H,24,28)(H,25,27). The van der Waals surface area contributed by atoms with Crippen LogP contribution in [0.5, 0.6) is 0 Å². The largest absolute Gasteiger partial charge is 0.325 e. The fraction of sp³-hybridized carbons (Fsp3) is 0.350. The zero-order chi connectivity index (χ0) is 20.8. The lowest BCUT2D eigenvalue weighted by molar-refractivity contribution is -0.123. The lowest BCUT2D eigenvalue weighted by atomic mass is 10.0. The minimum Gasteiger partial charge on any atom is -0.325 e. The minimum absolute atomic E-state index is 0.117. The van der Waals surface area contributed by atoms with E-state index < -0.39 is 0 Å². The molecule has 1 unspecified atom stereocenters. The van der Waals surface area contributed by atoms with E-state index in [1.54, 1.807) is 29.6 Å². The van der Waals surface area contributed by atoms with Crippen molar-refractivity contribution in [3.63, 3.8) is 0 Å². The van der Waals surface area contributed by atoms with Crippen molar-refractivity contribution in [1.29, 1.82) is 5.26 Å². The Morgan fingerprint density at radius 2 is 2.03 bits per heavy atom. The van der Waals surface area contributed by atoms with Crippen LogP contribution in [0.1, 0.15) is 31.2 Å². The molecule has 0 spiro atoms. The number of anilines is 2. The molecule has 0 saturated carbocycles. The Morgan fingerprint density at radius 1 is 1.21 bits per heavy atom. The van der Waals surface area contributed by atoms with E-state index in [4.69, 9.17) is 28.5 Å². The highest BCUT2D eigenvalue weighted by atomic mass is 35.5. The van der Waals surface area contributed by atoms with E-state index in [9.17, 15) is 9.59 Å². The predicted molar refractivity (Wildman–Crippen MR) is 117 cm³/mol. The first-order valence-corrected chi connectivity index (χ1v) is 10.9. The molecule has 6 nitrogen and oxygen atoms in total. The highest BCUT2D eigenvalue weighted by Crippen LogP contribution is 2.26. The number of benzene rings is 1. The van der Waals surface area contributed by atoms with Crippen LogP contribution in [0.4, 0.5) is 10.7 Å². The van der Waals surface area contributed by atoms with Gasteiger partial charge >= 0.3 is 0 Å². The van der Waals surface area contributed by atoms with Crippen molar-refractivity contribution in [1.82, 2.24) is 4.90 Å². The van der Waals surface area contributed by atoms with E-state index in [0.29, 0.717) is 32.8 Å². The summed E-state index contributed by atoms with van der Waals surface area (Å²) in [5, 5.41) is 17.8. The molecule has 0 bridgehead atoms. The second kappa shape index (κ2) is 10.1. The monoisotopic (exact) mass is 450 g/mol. The number of carbonyl (C=O) groups excluding carboxylic acids is 2. The summed E-state index contributed by atoms with van der Waals surface area (Å²) in [5.41, 5.74) is 1.05. The third kappa shape index (κ3) is 5.71. The lowest BCUT2D eigenvalue weighted by Gasteiger charge is -2.34. The van der Waals surface area contributed by atoms with Crippen molar-refractivity contribution in [2.24, 2.45) is 0 Å².